The van der Waals surface area contributed by atoms with Crippen LogP contribution in [0.25, 0.3) is 11.1 Å². The van der Waals surface area contributed by atoms with Crippen molar-refractivity contribution >= 4 is 24.3 Å². The molecule has 0 radical (unpaired) electrons. The number of azo groups is 1. The van der Waals surface area contributed by atoms with Gasteiger partial charge in [-0.2, -0.15) is 0 Å². The molecule has 8 N–H and O–H groups in total. The van der Waals surface area contributed by atoms with Crippen LogP contribution >= 0.6 is 0 Å². The average Bonchev–Trinajstić information content (AvgIpc) is 2.69. The highest BCUT2D eigenvalue weighted by molar-refractivity contribution is 6.00. The van der Waals surface area contributed by atoms with Crippen molar-refractivity contribution in [3.8, 4) is 11.1 Å². The number of hydrogen-bond donors (Lipinski definition) is 5. The fourth-order valence-corrected chi connectivity index (χ4v) is 2.31. The van der Waals surface area contributed by atoms with E-state index < -0.39 is 0 Å². The highest BCUT2D eigenvalue weighted by Crippen LogP contribution is 2.26. The lowest BCUT2D eigenvalue weighted by atomic mass is 9.95. The van der Waals surface area contributed by atoms with Crippen molar-refractivity contribution in [1.29, 1.82) is 10.8 Å². The smallest absolute Gasteiger partial charge is 0.174 e. The lowest BCUT2D eigenvalue weighted by Crippen LogP contribution is -2.13. The lowest BCUT2D eigenvalue weighted by Gasteiger charge is -2.11. The van der Waals surface area contributed by atoms with Crippen molar-refractivity contribution in [2.24, 2.45) is 37.6 Å². The van der Waals surface area contributed by atoms with Gasteiger partial charge in [0, 0.05) is 17.7 Å². The first-order valence-electron chi connectivity index (χ1n) is 7.60. The van der Waals surface area contributed by atoms with Crippen LogP contribution in [0.4, 0.5) is 0 Å². The zero-order valence-corrected chi connectivity index (χ0v) is 13.9. The van der Waals surface area contributed by atoms with Crippen molar-refractivity contribution in [2.75, 3.05) is 0 Å². The van der Waals surface area contributed by atoms with Gasteiger partial charge in [0.25, 0.3) is 0 Å². The van der Waals surface area contributed by atoms with E-state index in [9.17, 15) is 0 Å². The van der Waals surface area contributed by atoms with E-state index in [1.165, 1.54) is 0 Å². The first-order valence-corrected chi connectivity index (χ1v) is 7.60. The highest BCUT2D eigenvalue weighted by Gasteiger charge is 2.10. The SMILES string of the molecule is N=C/N=N\C(=N)c1cccc(-c2cc(/C(N)=N/N=C\N)ccc2CN)c1. The van der Waals surface area contributed by atoms with E-state index in [0.29, 0.717) is 17.7 Å². The minimum Gasteiger partial charge on any atom is -0.388 e. The van der Waals surface area contributed by atoms with Gasteiger partial charge in [0.05, 0.1) is 0 Å². The number of hydrogen-bond acceptors (Lipinski definition) is 5. The van der Waals surface area contributed by atoms with Crippen molar-refractivity contribution < 1.29 is 0 Å². The van der Waals surface area contributed by atoms with Crippen LogP contribution in [0.3, 0.4) is 0 Å². The standard InChI is InChI=1S/C17H19N9/c18-8-14-5-4-13(17(22)26-24-10-20)7-15(14)11-2-1-3-12(6-11)16(21)25-23-9-19/h1-7,9-10,19,21H,8,18H2,(H2,20,24)(H2,22,26)/b19-9?,21-16?,25-23-. The van der Waals surface area contributed by atoms with E-state index in [-0.39, 0.29) is 11.7 Å². The Hall–Kier alpha value is -3.72. The van der Waals surface area contributed by atoms with E-state index in [1.807, 2.05) is 24.3 Å². The number of nitrogens with two attached hydrogens (primary N) is 3. The van der Waals surface area contributed by atoms with E-state index >= 15 is 0 Å². The number of rotatable bonds is 6. The molecule has 0 unspecified atom stereocenters. The van der Waals surface area contributed by atoms with Gasteiger partial charge >= 0.3 is 0 Å². The summed E-state index contributed by atoms with van der Waals surface area (Å²) in [6, 6.07) is 12.8. The fourth-order valence-electron chi connectivity index (χ4n) is 2.31. The van der Waals surface area contributed by atoms with Crippen molar-refractivity contribution in [3.05, 3.63) is 59.2 Å². The second-order valence-electron chi connectivity index (χ2n) is 5.10. The van der Waals surface area contributed by atoms with E-state index in [4.69, 9.17) is 28.0 Å². The molecule has 9 nitrogen and oxygen atoms in total. The molecule has 0 amide bonds. The van der Waals surface area contributed by atoms with Gasteiger partial charge in [-0.05, 0) is 28.8 Å². The molecule has 2 aromatic rings. The number of nitrogens with one attached hydrogen (secondary N) is 2. The van der Waals surface area contributed by atoms with Crippen LogP contribution in [0.2, 0.25) is 0 Å². The quantitative estimate of drug-likeness (QED) is 0.232. The molecule has 2 rings (SSSR count). The summed E-state index contributed by atoms with van der Waals surface area (Å²) in [5, 5.41) is 29.2. The maximum atomic E-state index is 7.92. The Bertz CT molecular complexity index is 897. The molecule has 0 aliphatic carbocycles. The van der Waals surface area contributed by atoms with Crippen molar-refractivity contribution in [1.82, 2.24) is 0 Å². The second-order valence-corrected chi connectivity index (χ2v) is 5.10. The molecule has 0 aliphatic heterocycles. The largest absolute Gasteiger partial charge is 0.388 e. The molecule has 132 valence electrons. The van der Waals surface area contributed by atoms with Crippen LogP contribution in [0.1, 0.15) is 16.7 Å². The Morgan fingerprint density at radius 1 is 1.12 bits per heavy atom. The van der Waals surface area contributed by atoms with Crippen LogP contribution < -0.4 is 17.2 Å². The predicted octanol–water partition coefficient (Wildman–Crippen LogP) is 1.80. The Morgan fingerprint density at radius 2 is 1.92 bits per heavy atom. The number of amidine groups is 2. The van der Waals surface area contributed by atoms with Crippen LogP contribution in [0, 0.1) is 10.8 Å². The third-order valence-electron chi connectivity index (χ3n) is 3.52. The fraction of sp³-hybridized carbons (Fsp3) is 0.0588. The molecule has 0 aromatic heterocycles. The topological polar surface area (TPSA) is 175 Å². The average molecular weight is 349 g/mol. The molecule has 26 heavy (non-hydrogen) atoms. The Kier molecular flexibility index (Phi) is 6.40. The molecule has 0 aliphatic rings. The van der Waals surface area contributed by atoms with Crippen LogP contribution in [0.5, 0.6) is 0 Å². The van der Waals surface area contributed by atoms with Gasteiger partial charge in [0.2, 0.25) is 0 Å². The molecular formula is C17H19N9. The minimum absolute atomic E-state index is 0.0424. The molecule has 0 bridgehead atoms. The predicted molar refractivity (Wildman–Crippen MR) is 104 cm³/mol. The van der Waals surface area contributed by atoms with Gasteiger partial charge in [-0.25, -0.2) is 0 Å². The summed E-state index contributed by atoms with van der Waals surface area (Å²) >= 11 is 0. The molecule has 0 atom stereocenters. The molecular weight excluding hydrogens is 330 g/mol. The second kappa shape index (κ2) is 8.94. The Morgan fingerprint density at radius 3 is 2.62 bits per heavy atom. The van der Waals surface area contributed by atoms with Gasteiger partial charge in [0.15, 0.2) is 11.7 Å². The Labute approximate surface area is 150 Å². The van der Waals surface area contributed by atoms with Crippen LogP contribution in [-0.4, -0.2) is 24.3 Å². The van der Waals surface area contributed by atoms with E-state index in [1.54, 1.807) is 18.2 Å². The number of benzene rings is 2. The van der Waals surface area contributed by atoms with Gasteiger partial charge in [0.1, 0.15) is 12.7 Å². The summed E-state index contributed by atoms with van der Waals surface area (Å²) in [7, 11) is 0. The summed E-state index contributed by atoms with van der Waals surface area (Å²) in [5.74, 6) is 0.180. The highest BCUT2D eigenvalue weighted by atomic mass is 15.2. The molecule has 9 heteroatoms. The van der Waals surface area contributed by atoms with Crippen LogP contribution in [0.15, 0.2) is 62.9 Å². The summed E-state index contributed by atoms with van der Waals surface area (Å²) in [6.45, 7) is 0.336. The normalized spacial score (nSPS) is 12.0. The summed E-state index contributed by atoms with van der Waals surface area (Å²) in [4.78, 5) is 0. The molecule has 0 heterocycles. The third kappa shape index (κ3) is 4.42. The lowest BCUT2D eigenvalue weighted by molar-refractivity contribution is 1.07. The summed E-state index contributed by atoms with van der Waals surface area (Å²) < 4.78 is 0. The monoisotopic (exact) mass is 349 g/mol. The molecule has 2 aromatic carbocycles. The van der Waals surface area contributed by atoms with Gasteiger partial charge in [-0.1, -0.05) is 30.3 Å². The summed E-state index contributed by atoms with van der Waals surface area (Å²) in [5.41, 5.74) is 20.8. The molecule has 0 saturated carbocycles. The van der Waals surface area contributed by atoms with Crippen LogP contribution in [-0.2, 0) is 6.54 Å². The zero-order chi connectivity index (χ0) is 18.9. The maximum Gasteiger partial charge on any atom is 0.174 e. The molecule has 0 fully saturated rings. The maximum absolute atomic E-state index is 7.92. The van der Waals surface area contributed by atoms with Gasteiger partial charge < -0.3 is 17.2 Å². The van der Waals surface area contributed by atoms with E-state index in [0.717, 1.165) is 29.4 Å². The Balaban J connectivity index is 2.51. The minimum atomic E-state index is -0.0424. The summed E-state index contributed by atoms with van der Waals surface area (Å²) in [6.07, 6.45) is 1.83. The third-order valence-corrected chi connectivity index (χ3v) is 3.52. The van der Waals surface area contributed by atoms with Crippen molar-refractivity contribution in [3.63, 3.8) is 0 Å². The first-order chi connectivity index (χ1) is 12.6. The molecule has 0 saturated heterocycles. The first kappa shape index (κ1) is 18.6. The zero-order valence-electron chi connectivity index (χ0n) is 13.9. The molecule has 0 spiro atoms. The number of nitrogens with zero attached hydrogens (tertiary/aromatic N) is 4. The van der Waals surface area contributed by atoms with Gasteiger partial charge in [-0.15, -0.1) is 20.4 Å². The van der Waals surface area contributed by atoms with Crippen molar-refractivity contribution in [2.45, 2.75) is 6.54 Å². The van der Waals surface area contributed by atoms with E-state index in [2.05, 4.69) is 20.4 Å². The van der Waals surface area contributed by atoms with Gasteiger partial charge in [-0.3, -0.25) is 10.8 Å².